The van der Waals surface area contributed by atoms with Gasteiger partial charge in [0.2, 0.25) is 0 Å². The predicted molar refractivity (Wildman–Crippen MR) is 87.6 cm³/mol. The van der Waals surface area contributed by atoms with Crippen LogP contribution in [0.5, 0.6) is 0 Å². The summed E-state index contributed by atoms with van der Waals surface area (Å²) in [4.78, 5) is 2.45. The van der Waals surface area contributed by atoms with Crippen molar-refractivity contribution < 1.29 is 0 Å². The lowest BCUT2D eigenvalue weighted by atomic mass is 9.89. The van der Waals surface area contributed by atoms with Crippen LogP contribution in [0.3, 0.4) is 0 Å². The van der Waals surface area contributed by atoms with Crippen molar-refractivity contribution in [1.82, 2.24) is 5.32 Å². The van der Waals surface area contributed by atoms with Crippen molar-refractivity contribution in [1.29, 1.82) is 5.26 Å². The normalized spacial score (nSPS) is 17.7. The highest BCUT2D eigenvalue weighted by atomic mass is 15.2. The Morgan fingerprint density at radius 1 is 1.10 bits per heavy atom. The quantitative estimate of drug-likeness (QED) is 0.917. The van der Waals surface area contributed by atoms with E-state index < -0.39 is 0 Å². The van der Waals surface area contributed by atoms with Crippen molar-refractivity contribution in [3.63, 3.8) is 0 Å². The minimum Gasteiger partial charge on any atom is -0.371 e. The zero-order valence-corrected chi connectivity index (χ0v) is 12.7. The molecule has 1 heterocycles. The number of hydrogen-bond acceptors (Lipinski definition) is 3. The van der Waals surface area contributed by atoms with Crippen molar-refractivity contribution in [2.75, 3.05) is 25.0 Å². The van der Waals surface area contributed by atoms with Gasteiger partial charge in [-0.3, -0.25) is 0 Å². The number of rotatable bonds is 2. The summed E-state index contributed by atoms with van der Waals surface area (Å²) in [6, 6.07) is 14.6. The molecular formula is C18H21N3. The zero-order valence-electron chi connectivity index (χ0n) is 12.7. The molecular weight excluding hydrogens is 258 g/mol. The number of nitrogens with one attached hydrogen (secondary N) is 1. The lowest BCUT2D eigenvalue weighted by Gasteiger charge is -2.40. The van der Waals surface area contributed by atoms with Crippen LogP contribution in [0.1, 0.15) is 25.3 Å². The number of piperidine rings is 1. The molecule has 3 nitrogen and oxygen atoms in total. The van der Waals surface area contributed by atoms with Gasteiger partial charge in [-0.1, -0.05) is 24.3 Å². The van der Waals surface area contributed by atoms with E-state index in [9.17, 15) is 5.26 Å². The second-order valence-corrected chi connectivity index (χ2v) is 6.09. The number of hydrogen-bond donors (Lipinski definition) is 1. The van der Waals surface area contributed by atoms with Crippen LogP contribution in [0.25, 0.3) is 10.8 Å². The van der Waals surface area contributed by atoms with Crippen LogP contribution in [-0.2, 0) is 0 Å². The third-order valence-corrected chi connectivity index (χ3v) is 4.83. The fourth-order valence-electron chi connectivity index (χ4n) is 3.15. The summed E-state index contributed by atoms with van der Waals surface area (Å²) in [6.45, 7) is 4.39. The molecule has 1 fully saturated rings. The second kappa shape index (κ2) is 5.38. The van der Waals surface area contributed by atoms with E-state index in [-0.39, 0.29) is 5.54 Å². The molecule has 3 heteroatoms. The van der Waals surface area contributed by atoms with E-state index in [1.807, 2.05) is 25.2 Å². The molecule has 0 atom stereocenters. The van der Waals surface area contributed by atoms with E-state index in [0.29, 0.717) is 0 Å². The van der Waals surface area contributed by atoms with Gasteiger partial charge in [0.15, 0.2) is 0 Å². The molecule has 0 unspecified atom stereocenters. The highest BCUT2D eigenvalue weighted by Crippen LogP contribution is 2.32. The van der Waals surface area contributed by atoms with Crippen LogP contribution in [0, 0.1) is 11.3 Å². The Kier molecular flexibility index (Phi) is 3.57. The van der Waals surface area contributed by atoms with Crippen molar-refractivity contribution in [2.45, 2.75) is 25.3 Å². The van der Waals surface area contributed by atoms with Gasteiger partial charge in [-0.2, -0.15) is 5.26 Å². The maximum absolute atomic E-state index is 9.27. The minimum absolute atomic E-state index is 0.249. The Balaban J connectivity index is 1.98. The molecule has 0 spiro atoms. The van der Waals surface area contributed by atoms with Crippen molar-refractivity contribution in [2.24, 2.45) is 0 Å². The lowest BCUT2D eigenvalue weighted by Crippen LogP contribution is -2.50. The van der Waals surface area contributed by atoms with Crippen molar-refractivity contribution in [3.8, 4) is 6.07 Å². The number of nitriles is 1. The summed E-state index contributed by atoms with van der Waals surface area (Å²) >= 11 is 0. The lowest BCUT2D eigenvalue weighted by molar-refractivity contribution is 0.305. The molecule has 0 radical (unpaired) electrons. The fourth-order valence-corrected chi connectivity index (χ4v) is 3.15. The average molecular weight is 279 g/mol. The number of anilines is 1. The molecule has 0 aromatic heterocycles. The molecule has 0 bridgehead atoms. The van der Waals surface area contributed by atoms with E-state index in [2.05, 4.69) is 41.4 Å². The van der Waals surface area contributed by atoms with Crippen LogP contribution < -0.4 is 10.2 Å². The maximum atomic E-state index is 9.27. The van der Waals surface area contributed by atoms with Gasteiger partial charge in [-0.15, -0.1) is 0 Å². The van der Waals surface area contributed by atoms with Crippen LogP contribution in [0.15, 0.2) is 36.4 Å². The number of benzene rings is 2. The van der Waals surface area contributed by atoms with Crippen LogP contribution in [0.2, 0.25) is 0 Å². The third-order valence-electron chi connectivity index (χ3n) is 4.83. The summed E-state index contributed by atoms with van der Waals surface area (Å²) in [5, 5.41) is 14.9. The first-order chi connectivity index (χ1) is 10.2. The molecule has 0 amide bonds. The van der Waals surface area contributed by atoms with Gasteiger partial charge in [-0.05, 0) is 38.9 Å². The van der Waals surface area contributed by atoms with E-state index >= 15 is 0 Å². The molecule has 1 saturated heterocycles. The molecule has 2 aromatic carbocycles. The van der Waals surface area contributed by atoms with Gasteiger partial charge in [-0.25, -0.2) is 0 Å². The molecule has 1 N–H and O–H groups in total. The average Bonchev–Trinajstić information content (AvgIpc) is 2.55. The van der Waals surface area contributed by atoms with Gasteiger partial charge < -0.3 is 10.2 Å². The first-order valence-corrected chi connectivity index (χ1v) is 7.52. The molecule has 1 aliphatic heterocycles. The van der Waals surface area contributed by atoms with Crippen LogP contribution in [-0.4, -0.2) is 25.7 Å². The van der Waals surface area contributed by atoms with Gasteiger partial charge in [0.25, 0.3) is 0 Å². The maximum Gasteiger partial charge on any atom is 0.0998 e. The summed E-state index contributed by atoms with van der Waals surface area (Å²) < 4.78 is 0. The summed E-state index contributed by atoms with van der Waals surface area (Å²) in [6.07, 6.45) is 2.27. The number of nitrogens with zero attached hydrogens (tertiary/aromatic N) is 2. The van der Waals surface area contributed by atoms with E-state index in [1.165, 1.54) is 11.1 Å². The zero-order chi connectivity index (χ0) is 14.9. The van der Waals surface area contributed by atoms with Gasteiger partial charge in [0.1, 0.15) is 0 Å². The second-order valence-electron chi connectivity index (χ2n) is 6.09. The van der Waals surface area contributed by atoms with Crippen molar-refractivity contribution >= 4 is 16.5 Å². The Morgan fingerprint density at radius 3 is 2.38 bits per heavy atom. The van der Waals surface area contributed by atoms with Crippen LogP contribution in [0.4, 0.5) is 5.69 Å². The SMILES string of the molecule is CNC1(C)CCN(c2ccc(C#N)c3ccccc23)CC1. The Bertz CT molecular complexity index is 691. The fraction of sp³-hybridized carbons (Fsp3) is 0.389. The molecule has 0 saturated carbocycles. The molecule has 1 aliphatic rings. The molecule has 21 heavy (non-hydrogen) atoms. The first-order valence-electron chi connectivity index (χ1n) is 7.52. The predicted octanol–water partition coefficient (Wildman–Crippen LogP) is 3.29. The molecule has 2 aromatic rings. The van der Waals surface area contributed by atoms with Gasteiger partial charge in [0, 0.05) is 35.1 Å². The summed E-state index contributed by atoms with van der Waals surface area (Å²) in [5.41, 5.74) is 2.26. The largest absolute Gasteiger partial charge is 0.371 e. The molecule has 108 valence electrons. The highest BCUT2D eigenvalue weighted by molar-refractivity contribution is 5.97. The topological polar surface area (TPSA) is 39.1 Å². The first kappa shape index (κ1) is 13.9. The summed E-state index contributed by atoms with van der Waals surface area (Å²) in [7, 11) is 2.05. The summed E-state index contributed by atoms with van der Waals surface area (Å²) in [5.74, 6) is 0. The Morgan fingerprint density at radius 2 is 1.76 bits per heavy atom. The van der Waals surface area contributed by atoms with Gasteiger partial charge >= 0.3 is 0 Å². The molecule has 3 rings (SSSR count). The third kappa shape index (κ3) is 2.48. The van der Waals surface area contributed by atoms with E-state index in [4.69, 9.17) is 0 Å². The smallest absolute Gasteiger partial charge is 0.0998 e. The minimum atomic E-state index is 0.249. The molecule has 0 aliphatic carbocycles. The monoisotopic (exact) mass is 279 g/mol. The van der Waals surface area contributed by atoms with E-state index in [1.54, 1.807) is 0 Å². The van der Waals surface area contributed by atoms with Crippen LogP contribution >= 0.6 is 0 Å². The van der Waals surface area contributed by atoms with E-state index in [0.717, 1.165) is 36.9 Å². The standard InChI is InChI=1S/C18H21N3/c1-18(20-2)9-11-21(12-10-18)17-8-7-14(13-19)15-5-3-4-6-16(15)17/h3-8,20H,9-12H2,1-2H3. The Labute approximate surface area is 126 Å². The Hall–Kier alpha value is -2.05. The van der Waals surface area contributed by atoms with Gasteiger partial charge in [0.05, 0.1) is 11.6 Å². The number of fused-ring (bicyclic) bond motifs is 1. The highest BCUT2D eigenvalue weighted by Gasteiger charge is 2.28. The van der Waals surface area contributed by atoms with Crippen molar-refractivity contribution in [3.05, 3.63) is 42.0 Å².